The number of aliphatic carboxylic acids is 2. The van der Waals surface area contributed by atoms with E-state index < -0.39 is 24.0 Å². The number of hydrogen-bond acceptors (Lipinski definition) is 3. The second kappa shape index (κ2) is 2.87. The molecule has 1 fully saturated rings. The second-order valence-electron chi connectivity index (χ2n) is 2.43. The highest BCUT2D eigenvalue weighted by atomic mass is 16.5. The highest BCUT2D eigenvalue weighted by Gasteiger charge is 2.34. The Balaban J connectivity index is 2.47. The molecule has 0 aromatic carbocycles. The smallest absolute Gasteiger partial charge is 0.332 e. The van der Waals surface area contributed by atoms with Gasteiger partial charge in [-0.1, -0.05) is 0 Å². The summed E-state index contributed by atoms with van der Waals surface area (Å²) in [4.78, 5) is 20.5. The first-order valence-corrected chi connectivity index (χ1v) is 3.18. The molecule has 1 heterocycles. The molecule has 5 nitrogen and oxygen atoms in total. The Kier molecular flexibility index (Phi) is 2.09. The van der Waals surface area contributed by atoms with Crippen LogP contribution < -0.4 is 0 Å². The van der Waals surface area contributed by atoms with Crippen molar-refractivity contribution in [2.24, 2.45) is 5.92 Å². The summed E-state index contributed by atoms with van der Waals surface area (Å²) in [6.45, 7) is 0.00625. The van der Waals surface area contributed by atoms with Crippen LogP contribution >= 0.6 is 0 Å². The van der Waals surface area contributed by atoms with E-state index in [2.05, 4.69) is 0 Å². The molecule has 62 valence electrons. The lowest BCUT2D eigenvalue weighted by Crippen LogP contribution is -2.19. The fourth-order valence-corrected chi connectivity index (χ4v) is 0.971. The summed E-state index contributed by atoms with van der Waals surface area (Å²) in [5.74, 6) is -2.74. The molecule has 2 N–H and O–H groups in total. The van der Waals surface area contributed by atoms with Gasteiger partial charge in [-0.05, 0) is 6.42 Å². The molecule has 0 saturated carbocycles. The SMILES string of the molecule is O=C(O)[C@H]1CO[C@H](C(=O)O)C1. The standard InChI is InChI=1S/C6H8O5/c7-5(8)3-1-4(6(9)10)11-2-3/h3-4H,1-2H2,(H,7,8)(H,9,10)/t3-,4+/m1/s1. The Morgan fingerprint density at radius 1 is 1.27 bits per heavy atom. The summed E-state index contributed by atoms with van der Waals surface area (Å²) in [7, 11) is 0. The number of ether oxygens (including phenoxy) is 1. The van der Waals surface area contributed by atoms with Gasteiger partial charge in [0.05, 0.1) is 12.5 Å². The molecule has 0 bridgehead atoms. The molecule has 2 atom stereocenters. The van der Waals surface area contributed by atoms with Crippen LogP contribution in [0.25, 0.3) is 0 Å². The largest absolute Gasteiger partial charge is 0.481 e. The maximum atomic E-state index is 10.3. The summed E-state index contributed by atoms with van der Waals surface area (Å²) in [6.07, 6.45) is -0.860. The summed E-state index contributed by atoms with van der Waals surface area (Å²) >= 11 is 0. The first-order chi connectivity index (χ1) is 5.11. The Morgan fingerprint density at radius 3 is 2.18 bits per heavy atom. The van der Waals surface area contributed by atoms with Gasteiger partial charge in [-0.2, -0.15) is 0 Å². The maximum Gasteiger partial charge on any atom is 0.332 e. The minimum Gasteiger partial charge on any atom is -0.481 e. The first kappa shape index (κ1) is 8.00. The van der Waals surface area contributed by atoms with Crippen molar-refractivity contribution in [1.29, 1.82) is 0 Å². The molecule has 0 radical (unpaired) electrons. The zero-order valence-electron chi connectivity index (χ0n) is 5.69. The lowest BCUT2D eigenvalue weighted by atomic mass is 10.1. The van der Waals surface area contributed by atoms with Crippen LogP contribution in [0.15, 0.2) is 0 Å². The molecule has 0 aromatic rings. The molecular weight excluding hydrogens is 152 g/mol. The molecule has 0 aliphatic carbocycles. The molecule has 1 rings (SSSR count). The van der Waals surface area contributed by atoms with Crippen molar-refractivity contribution in [2.75, 3.05) is 6.61 Å². The van der Waals surface area contributed by atoms with E-state index in [1.54, 1.807) is 0 Å². The average Bonchev–Trinajstić information content (AvgIpc) is 2.33. The van der Waals surface area contributed by atoms with E-state index >= 15 is 0 Å². The molecule has 1 aliphatic heterocycles. The Morgan fingerprint density at radius 2 is 1.91 bits per heavy atom. The van der Waals surface area contributed by atoms with Crippen LogP contribution in [-0.4, -0.2) is 34.9 Å². The molecule has 0 aromatic heterocycles. The number of carbonyl (C=O) groups is 2. The minimum absolute atomic E-state index is 0.00625. The van der Waals surface area contributed by atoms with Gasteiger partial charge in [-0.15, -0.1) is 0 Å². The van der Waals surface area contributed by atoms with E-state index in [4.69, 9.17) is 14.9 Å². The topological polar surface area (TPSA) is 83.8 Å². The Bertz CT molecular complexity index is 167. The van der Waals surface area contributed by atoms with Gasteiger partial charge < -0.3 is 14.9 Å². The molecule has 5 heteroatoms. The van der Waals surface area contributed by atoms with Gasteiger partial charge in [-0.25, -0.2) is 4.79 Å². The highest BCUT2D eigenvalue weighted by Crippen LogP contribution is 2.19. The third kappa shape index (κ3) is 1.68. The number of hydrogen-bond donors (Lipinski definition) is 2. The molecule has 0 amide bonds. The quantitative estimate of drug-likeness (QED) is 0.572. The summed E-state index contributed by atoms with van der Waals surface area (Å²) in [5.41, 5.74) is 0. The normalized spacial score (nSPS) is 30.2. The van der Waals surface area contributed by atoms with Gasteiger partial charge in [0, 0.05) is 0 Å². The molecule has 0 spiro atoms. The first-order valence-electron chi connectivity index (χ1n) is 3.18. The van der Waals surface area contributed by atoms with Crippen molar-refractivity contribution in [1.82, 2.24) is 0 Å². The van der Waals surface area contributed by atoms with Crippen LogP contribution in [0.1, 0.15) is 6.42 Å². The fraction of sp³-hybridized carbons (Fsp3) is 0.667. The predicted molar refractivity (Wildman–Crippen MR) is 33.1 cm³/mol. The number of rotatable bonds is 2. The number of carboxylic acids is 2. The molecule has 11 heavy (non-hydrogen) atoms. The van der Waals surface area contributed by atoms with Crippen LogP contribution in [0.5, 0.6) is 0 Å². The van der Waals surface area contributed by atoms with E-state index in [0.29, 0.717) is 0 Å². The van der Waals surface area contributed by atoms with Gasteiger partial charge in [0.2, 0.25) is 0 Å². The van der Waals surface area contributed by atoms with E-state index in [1.807, 2.05) is 0 Å². The fourth-order valence-electron chi connectivity index (χ4n) is 0.971. The van der Waals surface area contributed by atoms with Crippen molar-refractivity contribution in [3.63, 3.8) is 0 Å². The minimum atomic E-state index is -1.09. The molecule has 0 unspecified atom stereocenters. The van der Waals surface area contributed by atoms with Crippen LogP contribution in [0.3, 0.4) is 0 Å². The lowest BCUT2D eigenvalue weighted by Gasteiger charge is -1.99. The third-order valence-electron chi connectivity index (χ3n) is 1.62. The Hall–Kier alpha value is -1.10. The van der Waals surface area contributed by atoms with Crippen molar-refractivity contribution >= 4 is 11.9 Å². The summed E-state index contributed by atoms with van der Waals surface area (Å²) in [5, 5.41) is 16.8. The summed E-state index contributed by atoms with van der Waals surface area (Å²) in [6, 6.07) is 0. The van der Waals surface area contributed by atoms with Gasteiger partial charge >= 0.3 is 11.9 Å². The zero-order valence-corrected chi connectivity index (χ0v) is 5.69. The van der Waals surface area contributed by atoms with Gasteiger partial charge in [0.15, 0.2) is 6.10 Å². The van der Waals surface area contributed by atoms with Gasteiger partial charge in [0.25, 0.3) is 0 Å². The van der Waals surface area contributed by atoms with Crippen molar-refractivity contribution < 1.29 is 24.5 Å². The predicted octanol–water partition coefficient (Wildman–Crippen LogP) is -0.439. The van der Waals surface area contributed by atoms with E-state index in [0.717, 1.165) is 0 Å². The highest BCUT2D eigenvalue weighted by molar-refractivity contribution is 5.76. The van der Waals surface area contributed by atoms with E-state index in [1.165, 1.54) is 0 Å². The van der Waals surface area contributed by atoms with Crippen LogP contribution in [0.2, 0.25) is 0 Å². The molecule has 1 aliphatic rings. The van der Waals surface area contributed by atoms with Gasteiger partial charge in [-0.3, -0.25) is 4.79 Å². The maximum absolute atomic E-state index is 10.3. The van der Waals surface area contributed by atoms with Crippen LogP contribution in [0.4, 0.5) is 0 Å². The van der Waals surface area contributed by atoms with Crippen LogP contribution in [-0.2, 0) is 14.3 Å². The monoisotopic (exact) mass is 160 g/mol. The molecular formula is C6H8O5. The van der Waals surface area contributed by atoms with E-state index in [-0.39, 0.29) is 13.0 Å². The average molecular weight is 160 g/mol. The Labute approximate surface area is 62.6 Å². The van der Waals surface area contributed by atoms with Crippen molar-refractivity contribution in [3.05, 3.63) is 0 Å². The van der Waals surface area contributed by atoms with Crippen molar-refractivity contribution in [2.45, 2.75) is 12.5 Å². The van der Waals surface area contributed by atoms with Gasteiger partial charge in [0.1, 0.15) is 0 Å². The van der Waals surface area contributed by atoms with Crippen LogP contribution in [0, 0.1) is 5.92 Å². The zero-order chi connectivity index (χ0) is 8.43. The third-order valence-corrected chi connectivity index (χ3v) is 1.62. The summed E-state index contributed by atoms with van der Waals surface area (Å²) < 4.78 is 4.71. The number of carboxylic acid groups (broad SMARTS) is 2. The van der Waals surface area contributed by atoms with E-state index in [9.17, 15) is 9.59 Å². The van der Waals surface area contributed by atoms with Crippen molar-refractivity contribution in [3.8, 4) is 0 Å². The molecule has 1 saturated heterocycles. The second-order valence-corrected chi connectivity index (χ2v) is 2.43. The lowest BCUT2D eigenvalue weighted by molar-refractivity contribution is -0.147.